The van der Waals surface area contributed by atoms with E-state index in [1.165, 1.54) is 10.9 Å². The Morgan fingerprint density at radius 3 is 2.96 bits per heavy atom. The van der Waals surface area contributed by atoms with E-state index in [1.54, 1.807) is 29.3 Å². The maximum absolute atomic E-state index is 12.3. The van der Waals surface area contributed by atoms with Crippen molar-refractivity contribution in [1.29, 1.82) is 5.26 Å². The fraction of sp³-hybridized carbons (Fsp3) is 0.250. The Kier molecular flexibility index (Phi) is 4.16. The third-order valence-corrected chi connectivity index (χ3v) is 3.73. The number of carbonyl (C=O) groups excluding carboxylic acids is 2. The summed E-state index contributed by atoms with van der Waals surface area (Å²) in [6.45, 7) is 3.25. The van der Waals surface area contributed by atoms with Crippen LogP contribution < -0.4 is 10.7 Å². The summed E-state index contributed by atoms with van der Waals surface area (Å²) < 4.78 is 0. The zero-order chi connectivity index (χ0) is 17.1. The van der Waals surface area contributed by atoms with Gasteiger partial charge >= 0.3 is 6.03 Å². The van der Waals surface area contributed by atoms with Gasteiger partial charge in [-0.25, -0.2) is 10.2 Å². The van der Waals surface area contributed by atoms with Crippen molar-refractivity contribution in [1.82, 2.24) is 20.1 Å². The fourth-order valence-corrected chi connectivity index (χ4v) is 2.54. The van der Waals surface area contributed by atoms with E-state index < -0.39 is 0 Å². The van der Waals surface area contributed by atoms with Crippen molar-refractivity contribution in [3.05, 3.63) is 52.8 Å². The number of carbonyl (C=O) groups is 2. The maximum atomic E-state index is 12.3. The number of amides is 3. The molecule has 0 radical (unpaired) electrons. The summed E-state index contributed by atoms with van der Waals surface area (Å²) in [6, 6.07) is 8.28. The standard InChI is InChI=1S/C16H16N6O2/c1-2-18-16(24)21-9-13-8-19-22(14(13)10-21)20-15(23)12-5-3-4-11(6-12)7-17/h3-6,8H,2,9-10H2,1H3,(H,18,24)(H,20,23). The second-order valence-electron chi connectivity index (χ2n) is 5.35. The molecule has 0 unspecified atom stereocenters. The quantitative estimate of drug-likeness (QED) is 0.885. The Morgan fingerprint density at radius 1 is 1.38 bits per heavy atom. The number of hydrogen-bond acceptors (Lipinski definition) is 4. The van der Waals surface area contributed by atoms with Crippen LogP contribution in [0.25, 0.3) is 0 Å². The molecule has 0 spiro atoms. The smallest absolute Gasteiger partial charge is 0.318 e. The molecule has 1 aromatic carbocycles. The first-order valence-electron chi connectivity index (χ1n) is 7.52. The van der Waals surface area contributed by atoms with Crippen LogP contribution in [0.4, 0.5) is 4.79 Å². The van der Waals surface area contributed by atoms with E-state index in [2.05, 4.69) is 15.8 Å². The van der Waals surface area contributed by atoms with E-state index in [4.69, 9.17) is 5.26 Å². The second kappa shape index (κ2) is 6.42. The predicted molar refractivity (Wildman–Crippen MR) is 85.4 cm³/mol. The Bertz CT molecular complexity index is 835. The van der Waals surface area contributed by atoms with Crippen LogP contribution in [0.15, 0.2) is 30.5 Å². The highest BCUT2D eigenvalue weighted by Crippen LogP contribution is 2.21. The predicted octanol–water partition coefficient (Wildman–Crippen LogP) is 1.18. The molecule has 0 atom stereocenters. The van der Waals surface area contributed by atoms with Crippen LogP contribution in [-0.4, -0.2) is 33.3 Å². The summed E-state index contributed by atoms with van der Waals surface area (Å²) in [7, 11) is 0. The van der Waals surface area contributed by atoms with Gasteiger partial charge in [0.2, 0.25) is 0 Å². The van der Waals surface area contributed by atoms with Crippen LogP contribution in [0.1, 0.15) is 34.1 Å². The Morgan fingerprint density at radius 2 is 2.21 bits per heavy atom. The molecule has 24 heavy (non-hydrogen) atoms. The molecule has 3 rings (SSSR count). The topological polar surface area (TPSA) is 103 Å². The molecule has 1 aliphatic heterocycles. The maximum Gasteiger partial charge on any atom is 0.318 e. The Labute approximate surface area is 138 Å². The molecular formula is C16H16N6O2. The molecule has 2 heterocycles. The van der Waals surface area contributed by atoms with Crippen molar-refractivity contribution in [2.45, 2.75) is 20.0 Å². The average molecular weight is 324 g/mol. The highest BCUT2D eigenvalue weighted by Gasteiger charge is 2.27. The van der Waals surface area contributed by atoms with Gasteiger partial charge in [0.05, 0.1) is 36.6 Å². The van der Waals surface area contributed by atoms with Gasteiger partial charge in [-0.3, -0.25) is 4.79 Å². The van der Waals surface area contributed by atoms with Crippen molar-refractivity contribution < 1.29 is 9.59 Å². The molecule has 2 N–H and O–H groups in total. The van der Waals surface area contributed by atoms with Gasteiger partial charge in [0.25, 0.3) is 5.91 Å². The summed E-state index contributed by atoms with van der Waals surface area (Å²) in [5.41, 5.74) is 5.13. The van der Waals surface area contributed by atoms with Gasteiger partial charge < -0.3 is 10.2 Å². The van der Waals surface area contributed by atoms with E-state index in [0.717, 1.165) is 11.3 Å². The SMILES string of the molecule is CCNC(=O)N1Cc2cnn(NC(=O)c3cccc(C#N)c3)c2C1. The van der Waals surface area contributed by atoms with E-state index >= 15 is 0 Å². The minimum absolute atomic E-state index is 0.145. The summed E-state index contributed by atoms with van der Waals surface area (Å²) in [5, 5.41) is 15.8. The number of aromatic nitrogens is 2. The molecule has 8 nitrogen and oxygen atoms in total. The van der Waals surface area contributed by atoms with Crippen LogP contribution in [-0.2, 0) is 13.1 Å². The minimum Gasteiger partial charge on any atom is -0.338 e. The molecule has 8 heteroatoms. The molecule has 1 aliphatic rings. The van der Waals surface area contributed by atoms with Gasteiger partial charge in [-0.1, -0.05) is 6.07 Å². The molecule has 0 bridgehead atoms. The lowest BCUT2D eigenvalue weighted by atomic mass is 10.1. The zero-order valence-electron chi connectivity index (χ0n) is 13.1. The van der Waals surface area contributed by atoms with Crippen molar-refractivity contribution in [3.8, 4) is 6.07 Å². The number of nitriles is 1. The van der Waals surface area contributed by atoms with Crippen molar-refractivity contribution >= 4 is 11.9 Å². The van der Waals surface area contributed by atoms with E-state index in [0.29, 0.717) is 30.8 Å². The van der Waals surface area contributed by atoms with E-state index in [9.17, 15) is 9.59 Å². The average Bonchev–Trinajstić information content (AvgIpc) is 3.17. The fourth-order valence-electron chi connectivity index (χ4n) is 2.54. The summed E-state index contributed by atoms with van der Waals surface area (Å²) in [5.74, 6) is -0.366. The van der Waals surface area contributed by atoms with Crippen LogP contribution >= 0.6 is 0 Å². The molecule has 0 saturated heterocycles. The molecule has 0 fully saturated rings. The van der Waals surface area contributed by atoms with Crippen LogP contribution in [0, 0.1) is 11.3 Å². The first-order chi connectivity index (χ1) is 11.6. The van der Waals surface area contributed by atoms with Crippen LogP contribution in [0.2, 0.25) is 0 Å². The lowest BCUT2D eigenvalue weighted by molar-refractivity contribution is 0.100. The van der Waals surface area contributed by atoms with Gasteiger partial charge in [0.1, 0.15) is 0 Å². The number of urea groups is 1. The largest absolute Gasteiger partial charge is 0.338 e. The first-order valence-corrected chi connectivity index (χ1v) is 7.52. The number of nitrogens with zero attached hydrogens (tertiary/aromatic N) is 4. The molecule has 2 aromatic rings. The lowest BCUT2D eigenvalue weighted by Crippen LogP contribution is -2.37. The number of nitrogens with one attached hydrogen (secondary N) is 2. The highest BCUT2D eigenvalue weighted by atomic mass is 16.2. The monoisotopic (exact) mass is 324 g/mol. The number of hydrogen-bond donors (Lipinski definition) is 2. The van der Waals surface area contributed by atoms with Crippen molar-refractivity contribution in [3.63, 3.8) is 0 Å². The highest BCUT2D eigenvalue weighted by molar-refractivity contribution is 6.00. The molecule has 1 aromatic heterocycles. The normalized spacial score (nSPS) is 12.4. The number of benzene rings is 1. The molecular weight excluding hydrogens is 308 g/mol. The summed E-state index contributed by atoms with van der Waals surface area (Å²) in [4.78, 5) is 27.3. The van der Waals surface area contributed by atoms with Gasteiger partial charge in [0.15, 0.2) is 0 Å². The van der Waals surface area contributed by atoms with Crippen molar-refractivity contribution in [2.75, 3.05) is 12.0 Å². The van der Waals surface area contributed by atoms with Gasteiger partial charge in [-0.15, -0.1) is 0 Å². The van der Waals surface area contributed by atoms with E-state index in [1.807, 2.05) is 13.0 Å². The summed E-state index contributed by atoms with van der Waals surface area (Å²) in [6.07, 6.45) is 1.64. The molecule has 0 aliphatic carbocycles. The molecule has 122 valence electrons. The van der Waals surface area contributed by atoms with Gasteiger partial charge in [0, 0.05) is 17.7 Å². The van der Waals surface area contributed by atoms with Gasteiger partial charge in [-0.05, 0) is 25.1 Å². The Balaban J connectivity index is 1.74. The lowest BCUT2D eigenvalue weighted by Gasteiger charge is -2.16. The third kappa shape index (κ3) is 2.92. The van der Waals surface area contributed by atoms with E-state index in [-0.39, 0.29) is 11.9 Å². The minimum atomic E-state index is -0.366. The number of fused-ring (bicyclic) bond motifs is 1. The van der Waals surface area contributed by atoms with Gasteiger partial charge in [-0.2, -0.15) is 15.2 Å². The van der Waals surface area contributed by atoms with Crippen LogP contribution in [0.5, 0.6) is 0 Å². The summed E-state index contributed by atoms with van der Waals surface area (Å²) >= 11 is 0. The number of rotatable bonds is 3. The molecule has 3 amide bonds. The molecule has 0 saturated carbocycles. The first kappa shape index (κ1) is 15.6. The zero-order valence-corrected chi connectivity index (χ0v) is 13.1. The third-order valence-electron chi connectivity index (χ3n) is 3.73. The van der Waals surface area contributed by atoms with Crippen LogP contribution in [0.3, 0.4) is 0 Å². The second-order valence-corrected chi connectivity index (χ2v) is 5.35. The van der Waals surface area contributed by atoms with Crippen molar-refractivity contribution in [2.24, 2.45) is 0 Å². The Hall–Kier alpha value is -3.34.